The van der Waals surface area contributed by atoms with E-state index in [-0.39, 0.29) is 5.54 Å². The van der Waals surface area contributed by atoms with Gasteiger partial charge in [0.25, 0.3) is 0 Å². The zero-order valence-corrected chi connectivity index (χ0v) is 12.5. The Hall–Kier alpha value is -0.840. The van der Waals surface area contributed by atoms with E-state index in [1.807, 2.05) is 0 Å². The van der Waals surface area contributed by atoms with Gasteiger partial charge >= 0.3 is 0 Å². The molecule has 0 radical (unpaired) electrons. The number of nitrogens with zero attached hydrogens (tertiary/aromatic N) is 2. The van der Waals surface area contributed by atoms with Crippen LogP contribution >= 0.6 is 0 Å². The van der Waals surface area contributed by atoms with Crippen molar-refractivity contribution in [2.45, 2.75) is 39.4 Å². The molecule has 19 heavy (non-hydrogen) atoms. The van der Waals surface area contributed by atoms with Crippen LogP contribution in [0.1, 0.15) is 26.3 Å². The van der Waals surface area contributed by atoms with E-state index in [0.717, 1.165) is 45.9 Å². The summed E-state index contributed by atoms with van der Waals surface area (Å²) in [6, 6.07) is 2.21. The second-order valence-electron chi connectivity index (χ2n) is 6.32. The summed E-state index contributed by atoms with van der Waals surface area (Å²) in [5, 5.41) is 3.52. The van der Waals surface area contributed by atoms with Crippen molar-refractivity contribution in [2.75, 3.05) is 32.8 Å². The van der Waals surface area contributed by atoms with Crippen molar-refractivity contribution in [1.29, 1.82) is 0 Å². The Labute approximate surface area is 116 Å². The Balaban J connectivity index is 1.74. The molecule has 0 atom stereocenters. The lowest BCUT2D eigenvalue weighted by Crippen LogP contribution is -2.38. The quantitative estimate of drug-likeness (QED) is 0.879. The molecule has 1 aromatic rings. The molecule has 1 aliphatic rings. The summed E-state index contributed by atoms with van der Waals surface area (Å²) in [4.78, 5) is 2.47. The largest absolute Gasteiger partial charge is 0.379 e. The predicted octanol–water partition coefficient (Wildman–Crippen LogP) is 1.71. The minimum Gasteiger partial charge on any atom is -0.379 e. The Bertz CT molecular complexity index is 375. The van der Waals surface area contributed by atoms with E-state index < -0.39 is 0 Å². The summed E-state index contributed by atoms with van der Waals surface area (Å²) in [7, 11) is 0. The number of hydrogen-bond donors (Lipinski definition) is 1. The predicted molar refractivity (Wildman–Crippen MR) is 78.3 cm³/mol. The maximum atomic E-state index is 5.36. The van der Waals surface area contributed by atoms with E-state index in [1.54, 1.807) is 0 Å². The average molecular weight is 265 g/mol. The molecule has 0 saturated carbocycles. The fourth-order valence-corrected chi connectivity index (χ4v) is 2.18. The summed E-state index contributed by atoms with van der Waals surface area (Å²) in [6.07, 6.45) is 4.43. The van der Waals surface area contributed by atoms with E-state index >= 15 is 0 Å². The molecule has 2 rings (SSSR count). The number of hydrogen-bond acceptors (Lipinski definition) is 3. The Kier molecular flexibility index (Phi) is 5.02. The minimum absolute atomic E-state index is 0.176. The summed E-state index contributed by atoms with van der Waals surface area (Å²) in [6.45, 7) is 13.6. The first kappa shape index (κ1) is 14.6. The molecule has 0 spiro atoms. The van der Waals surface area contributed by atoms with Crippen molar-refractivity contribution in [2.24, 2.45) is 0 Å². The number of nitrogens with one attached hydrogen (secondary N) is 1. The van der Waals surface area contributed by atoms with Crippen LogP contribution in [0, 0.1) is 0 Å². The Morgan fingerprint density at radius 1 is 1.21 bits per heavy atom. The maximum absolute atomic E-state index is 5.36. The average Bonchev–Trinajstić information content (AvgIpc) is 2.82. The lowest BCUT2D eigenvalue weighted by Gasteiger charge is -2.26. The monoisotopic (exact) mass is 265 g/mol. The van der Waals surface area contributed by atoms with Crippen molar-refractivity contribution < 1.29 is 4.74 Å². The zero-order valence-electron chi connectivity index (χ0n) is 12.5. The van der Waals surface area contributed by atoms with E-state index in [2.05, 4.69) is 54.0 Å². The Morgan fingerprint density at radius 3 is 2.63 bits per heavy atom. The van der Waals surface area contributed by atoms with Crippen molar-refractivity contribution >= 4 is 0 Å². The molecule has 0 unspecified atom stereocenters. The number of rotatable bonds is 5. The Morgan fingerprint density at radius 2 is 1.95 bits per heavy atom. The second-order valence-corrected chi connectivity index (χ2v) is 6.32. The van der Waals surface area contributed by atoms with Gasteiger partial charge < -0.3 is 14.6 Å². The topological polar surface area (TPSA) is 29.4 Å². The van der Waals surface area contributed by atoms with Gasteiger partial charge in [-0.3, -0.25) is 4.90 Å². The zero-order chi connectivity index (χ0) is 13.7. The molecule has 108 valence electrons. The number of aromatic nitrogens is 1. The van der Waals surface area contributed by atoms with Crippen molar-refractivity contribution in [3.63, 3.8) is 0 Å². The van der Waals surface area contributed by atoms with Gasteiger partial charge in [0.1, 0.15) is 0 Å². The van der Waals surface area contributed by atoms with Crippen LogP contribution in [0.5, 0.6) is 0 Å². The van der Waals surface area contributed by atoms with Gasteiger partial charge in [-0.15, -0.1) is 0 Å². The molecule has 0 aliphatic carbocycles. The molecule has 0 aromatic carbocycles. The van der Waals surface area contributed by atoms with Crippen LogP contribution in [-0.2, 0) is 17.8 Å². The number of morpholine rings is 1. The molecule has 2 heterocycles. The van der Waals surface area contributed by atoms with Gasteiger partial charge in [-0.1, -0.05) is 0 Å². The van der Waals surface area contributed by atoms with Gasteiger partial charge in [-0.2, -0.15) is 0 Å². The SMILES string of the molecule is CC(C)(C)NCc1ccn(CCN2CCOCC2)c1. The molecule has 1 aromatic heterocycles. The van der Waals surface area contributed by atoms with Crippen LogP contribution < -0.4 is 5.32 Å². The smallest absolute Gasteiger partial charge is 0.0594 e. The molecule has 1 N–H and O–H groups in total. The molecule has 1 saturated heterocycles. The molecule has 0 bridgehead atoms. The van der Waals surface area contributed by atoms with Gasteiger partial charge in [-0.25, -0.2) is 0 Å². The highest BCUT2D eigenvalue weighted by Gasteiger charge is 2.11. The van der Waals surface area contributed by atoms with Crippen LogP contribution in [0.15, 0.2) is 18.5 Å². The first-order valence-electron chi connectivity index (χ1n) is 7.23. The highest BCUT2D eigenvalue weighted by molar-refractivity contribution is 5.10. The summed E-state index contributed by atoms with van der Waals surface area (Å²) in [5.74, 6) is 0. The van der Waals surface area contributed by atoms with Gasteiger partial charge in [0.05, 0.1) is 13.2 Å². The first-order valence-corrected chi connectivity index (χ1v) is 7.23. The standard InChI is InChI=1S/C15H27N3O/c1-15(2,3)16-12-14-4-5-18(13-14)7-6-17-8-10-19-11-9-17/h4-5,13,16H,6-12H2,1-3H3. The van der Waals surface area contributed by atoms with E-state index in [0.29, 0.717) is 0 Å². The van der Waals surface area contributed by atoms with Crippen LogP contribution in [0.25, 0.3) is 0 Å². The van der Waals surface area contributed by atoms with Crippen LogP contribution in [-0.4, -0.2) is 47.9 Å². The van der Waals surface area contributed by atoms with Crippen molar-refractivity contribution in [3.8, 4) is 0 Å². The highest BCUT2D eigenvalue weighted by Crippen LogP contribution is 2.06. The molecule has 4 heteroatoms. The third kappa shape index (κ3) is 5.35. The third-order valence-corrected chi connectivity index (χ3v) is 3.41. The van der Waals surface area contributed by atoms with Crippen LogP contribution in [0.2, 0.25) is 0 Å². The van der Waals surface area contributed by atoms with E-state index in [1.165, 1.54) is 5.56 Å². The normalized spacial score (nSPS) is 17.8. The van der Waals surface area contributed by atoms with E-state index in [4.69, 9.17) is 4.74 Å². The van der Waals surface area contributed by atoms with Crippen molar-refractivity contribution in [3.05, 3.63) is 24.0 Å². The molecule has 1 fully saturated rings. The molecular weight excluding hydrogens is 238 g/mol. The minimum atomic E-state index is 0.176. The number of ether oxygens (including phenoxy) is 1. The van der Waals surface area contributed by atoms with Gasteiger partial charge in [0.15, 0.2) is 0 Å². The van der Waals surface area contributed by atoms with Crippen LogP contribution in [0.4, 0.5) is 0 Å². The van der Waals surface area contributed by atoms with Crippen molar-refractivity contribution in [1.82, 2.24) is 14.8 Å². The van der Waals surface area contributed by atoms with Gasteiger partial charge in [0.2, 0.25) is 0 Å². The molecule has 0 amide bonds. The summed E-state index contributed by atoms with van der Waals surface area (Å²) < 4.78 is 7.65. The highest BCUT2D eigenvalue weighted by atomic mass is 16.5. The summed E-state index contributed by atoms with van der Waals surface area (Å²) in [5.41, 5.74) is 1.53. The maximum Gasteiger partial charge on any atom is 0.0594 e. The molecule has 4 nitrogen and oxygen atoms in total. The summed E-state index contributed by atoms with van der Waals surface area (Å²) >= 11 is 0. The lowest BCUT2D eigenvalue weighted by atomic mass is 10.1. The molecular formula is C15H27N3O. The van der Waals surface area contributed by atoms with Gasteiger partial charge in [0, 0.05) is 50.7 Å². The molecule has 1 aliphatic heterocycles. The third-order valence-electron chi connectivity index (χ3n) is 3.41. The first-order chi connectivity index (χ1) is 9.03. The fraction of sp³-hybridized carbons (Fsp3) is 0.733. The van der Waals surface area contributed by atoms with E-state index in [9.17, 15) is 0 Å². The van der Waals surface area contributed by atoms with Crippen LogP contribution in [0.3, 0.4) is 0 Å². The fourth-order valence-electron chi connectivity index (χ4n) is 2.18. The second kappa shape index (κ2) is 6.55. The lowest BCUT2D eigenvalue weighted by molar-refractivity contribution is 0.0364. The van der Waals surface area contributed by atoms with Gasteiger partial charge in [-0.05, 0) is 32.4 Å².